The maximum atomic E-state index is 11.8. The highest BCUT2D eigenvalue weighted by Gasteiger charge is 2.09. The molecule has 0 radical (unpaired) electrons. The SMILES string of the molecule is O=C(Cc1cccc(Cl)c1)NCCCN1CCOCC1. The van der Waals surface area contributed by atoms with E-state index in [1.54, 1.807) is 0 Å². The number of hydrogen-bond acceptors (Lipinski definition) is 3. The van der Waals surface area contributed by atoms with E-state index in [1.807, 2.05) is 24.3 Å². The third kappa shape index (κ3) is 5.49. The maximum absolute atomic E-state index is 11.8. The van der Waals surface area contributed by atoms with Gasteiger partial charge in [0.2, 0.25) is 5.91 Å². The van der Waals surface area contributed by atoms with E-state index < -0.39 is 0 Å². The summed E-state index contributed by atoms with van der Waals surface area (Å²) in [7, 11) is 0. The minimum Gasteiger partial charge on any atom is -0.379 e. The molecule has 1 amide bonds. The molecule has 1 fully saturated rings. The number of morpholine rings is 1. The quantitative estimate of drug-likeness (QED) is 0.813. The Labute approximate surface area is 125 Å². The highest BCUT2D eigenvalue weighted by Crippen LogP contribution is 2.10. The number of hydrogen-bond donors (Lipinski definition) is 1. The van der Waals surface area contributed by atoms with Crippen LogP contribution in [0, 0.1) is 0 Å². The normalized spacial score (nSPS) is 16.1. The van der Waals surface area contributed by atoms with E-state index in [0.717, 1.165) is 51.4 Å². The molecule has 4 nitrogen and oxygen atoms in total. The van der Waals surface area contributed by atoms with Gasteiger partial charge in [-0.05, 0) is 30.7 Å². The molecule has 1 N–H and O–H groups in total. The molecule has 0 unspecified atom stereocenters. The minimum absolute atomic E-state index is 0.0502. The van der Waals surface area contributed by atoms with E-state index in [1.165, 1.54) is 0 Å². The highest BCUT2D eigenvalue weighted by atomic mass is 35.5. The van der Waals surface area contributed by atoms with E-state index in [0.29, 0.717) is 11.4 Å². The van der Waals surface area contributed by atoms with Crippen LogP contribution in [0.5, 0.6) is 0 Å². The fourth-order valence-corrected chi connectivity index (χ4v) is 2.46. The molecule has 5 heteroatoms. The summed E-state index contributed by atoms with van der Waals surface area (Å²) < 4.78 is 5.30. The van der Waals surface area contributed by atoms with Crippen molar-refractivity contribution in [3.63, 3.8) is 0 Å². The molecule has 1 aliphatic heterocycles. The predicted molar refractivity (Wildman–Crippen MR) is 80.0 cm³/mol. The van der Waals surface area contributed by atoms with Crippen LogP contribution in [0.25, 0.3) is 0 Å². The molecule has 0 saturated carbocycles. The van der Waals surface area contributed by atoms with Crippen LogP contribution in [0.4, 0.5) is 0 Å². The van der Waals surface area contributed by atoms with E-state index in [9.17, 15) is 4.79 Å². The fourth-order valence-electron chi connectivity index (χ4n) is 2.25. The lowest BCUT2D eigenvalue weighted by Crippen LogP contribution is -2.38. The Morgan fingerprint density at radius 2 is 2.15 bits per heavy atom. The molecule has 110 valence electrons. The van der Waals surface area contributed by atoms with Crippen LogP contribution in [0.2, 0.25) is 5.02 Å². The molecule has 1 aromatic rings. The molecule has 0 aliphatic carbocycles. The number of amides is 1. The first-order chi connectivity index (χ1) is 9.74. The Morgan fingerprint density at radius 1 is 1.35 bits per heavy atom. The summed E-state index contributed by atoms with van der Waals surface area (Å²) in [6.45, 7) is 5.37. The first kappa shape index (κ1) is 15.3. The predicted octanol–water partition coefficient (Wildman–Crippen LogP) is 1.72. The summed E-state index contributed by atoms with van der Waals surface area (Å²) in [5.41, 5.74) is 0.947. The van der Waals surface area contributed by atoms with E-state index in [4.69, 9.17) is 16.3 Å². The zero-order valence-electron chi connectivity index (χ0n) is 11.6. The van der Waals surface area contributed by atoms with Crippen molar-refractivity contribution in [1.29, 1.82) is 0 Å². The average Bonchev–Trinajstić information content (AvgIpc) is 2.45. The van der Waals surface area contributed by atoms with Gasteiger partial charge in [-0.3, -0.25) is 9.69 Å². The topological polar surface area (TPSA) is 41.6 Å². The van der Waals surface area contributed by atoms with Crippen molar-refractivity contribution < 1.29 is 9.53 Å². The Kier molecular flexibility index (Phi) is 6.30. The molecule has 1 saturated heterocycles. The lowest BCUT2D eigenvalue weighted by Gasteiger charge is -2.26. The first-order valence-electron chi connectivity index (χ1n) is 7.05. The lowest BCUT2D eigenvalue weighted by molar-refractivity contribution is -0.120. The minimum atomic E-state index is 0.0502. The van der Waals surface area contributed by atoms with Gasteiger partial charge in [-0.25, -0.2) is 0 Å². The van der Waals surface area contributed by atoms with E-state index in [2.05, 4.69) is 10.2 Å². The van der Waals surface area contributed by atoms with Crippen molar-refractivity contribution in [3.05, 3.63) is 34.9 Å². The van der Waals surface area contributed by atoms with Crippen LogP contribution in [0.3, 0.4) is 0 Å². The van der Waals surface area contributed by atoms with Gasteiger partial charge in [-0.1, -0.05) is 23.7 Å². The number of rotatable bonds is 6. The van der Waals surface area contributed by atoms with Crippen molar-refractivity contribution in [1.82, 2.24) is 10.2 Å². The van der Waals surface area contributed by atoms with Gasteiger partial charge in [-0.15, -0.1) is 0 Å². The van der Waals surface area contributed by atoms with Crippen molar-refractivity contribution in [2.75, 3.05) is 39.4 Å². The molecule has 0 bridgehead atoms. The van der Waals surface area contributed by atoms with Gasteiger partial charge in [0.15, 0.2) is 0 Å². The average molecular weight is 297 g/mol. The monoisotopic (exact) mass is 296 g/mol. The molecule has 1 aliphatic rings. The molecule has 20 heavy (non-hydrogen) atoms. The van der Waals surface area contributed by atoms with Gasteiger partial charge in [0.1, 0.15) is 0 Å². The van der Waals surface area contributed by atoms with Crippen LogP contribution in [-0.2, 0) is 16.0 Å². The van der Waals surface area contributed by atoms with Crippen molar-refractivity contribution in [2.45, 2.75) is 12.8 Å². The van der Waals surface area contributed by atoms with Crippen LogP contribution < -0.4 is 5.32 Å². The van der Waals surface area contributed by atoms with Gasteiger partial charge in [0.05, 0.1) is 19.6 Å². The van der Waals surface area contributed by atoms with Gasteiger partial charge in [0, 0.05) is 24.7 Å². The Bertz CT molecular complexity index is 434. The zero-order chi connectivity index (χ0) is 14.2. The van der Waals surface area contributed by atoms with Crippen molar-refractivity contribution in [3.8, 4) is 0 Å². The number of nitrogens with one attached hydrogen (secondary N) is 1. The van der Waals surface area contributed by atoms with Crippen LogP contribution in [0.15, 0.2) is 24.3 Å². The number of carbonyl (C=O) groups excluding carboxylic acids is 1. The summed E-state index contributed by atoms with van der Waals surface area (Å²) in [5.74, 6) is 0.0502. The highest BCUT2D eigenvalue weighted by molar-refractivity contribution is 6.30. The summed E-state index contributed by atoms with van der Waals surface area (Å²) >= 11 is 5.89. The first-order valence-corrected chi connectivity index (χ1v) is 7.43. The fraction of sp³-hybridized carbons (Fsp3) is 0.533. The molecule has 1 heterocycles. The van der Waals surface area contributed by atoms with Crippen LogP contribution in [0.1, 0.15) is 12.0 Å². The van der Waals surface area contributed by atoms with Crippen molar-refractivity contribution in [2.24, 2.45) is 0 Å². The molecular formula is C15H21ClN2O2. The number of ether oxygens (including phenoxy) is 1. The standard InChI is InChI=1S/C15H21ClN2O2/c16-14-4-1-3-13(11-14)12-15(19)17-5-2-6-18-7-9-20-10-8-18/h1,3-4,11H,2,5-10,12H2,(H,17,19). The maximum Gasteiger partial charge on any atom is 0.224 e. The third-order valence-corrected chi connectivity index (χ3v) is 3.57. The largest absolute Gasteiger partial charge is 0.379 e. The Balaban J connectivity index is 1.60. The molecule has 1 aromatic carbocycles. The Hall–Kier alpha value is -1.10. The smallest absolute Gasteiger partial charge is 0.224 e. The number of benzene rings is 1. The number of nitrogens with zero attached hydrogens (tertiary/aromatic N) is 1. The second kappa shape index (κ2) is 8.25. The lowest BCUT2D eigenvalue weighted by atomic mass is 10.1. The number of halogens is 1. The molecular weight excluding hydrogens is 276 g/mol. The summed E-state index contributed by atoms with van der Waals surface area (Å²) in [6.07, 6.45) is 1.36. The third-order valence-electron chi connectivity index (χ3n) is 3.33. The molecule has 0 spiro atoms. The second-order valence-corrected chi connectivity index (χ2v) is 5.40. The van der Waals surface area contributed by atoms with Crippen LogP contribution in [-0.4, -0.2) is 50.2 Å². The summed E-state index contributed by atoms with van der Waals surface area (Å²) in [6, 6.07) is 7.42. The Morgan fingerprint density at radius 3 is 2.90 bits per heavy atom. The van der Waals surface area contributed by atoms with Crippen LogP contribution >= 0.6 is 11.6 Å². The van der Waals surface area contributed by atoms with Gasteiger partial charge >= 0.3 is 0 Å². The van der Waals surface area contributed by atoms with E-state index in [-0.39, 0.29) is 5.91 Å². The number of carbonyl (C=O) groups is 1. The summed E-state index contributed by atoms with van der Waals surface area (Å²) in [4.78, 5) is 14.2. The van der Waals surface area contributed by atoms with E-state index >= 15 is 0 Å². The van der Waals surface area contributed by atoms with Gasteiger partial charge in [-0.2, -0.15) is 0 Å². The second-order valence-electron chi connectivity index (χ2n) is 4.96. The van der Waals surface area contributed by atoms with Gasteiger partial charge in [0.25, 0.3) is 0 Å². The molecule has 0 aromatic heterocycles. The molecule has 2 rings (SSSR count). The van der Waals surface area contributed by atoms with Crippen molar-refractivity contribution >= 4 is 17.5 Å². The van der Waals surface area contributed by atoms with Gasteiger partial charge < -0.3 is 10.1 Å². The molecule has 0 atom stereocenters. The summed E-state index contributed by atoms with van der Waals surface area (Å²) in [5, 5.41) is 3.62. The zero-order valence-corrected chi connectivity index (χ0v) is 12.4.